The summed E-state index contributed by atoms with van der Waals surface area (Å²) < 4.78 is 16.4. The van der Waals surface area contributed by atoms with E-state index in [0.717, 1.165) is 11.3 Å². The second-order valence-electron chi connectivity index (χ2n) is 8.31. The summed E-state index contributed by atoms with van der Waals surface area (Å²) in [6.07, 6.45) is 1.68. The third-order valence-corrected chi connectivity index (χ3v) is 5.35. The summed E-state index contributed by atoms with van der Waals surface area (Å²) in [5, 5.41) is 15.0. The molecule has 1 amide bonds. The van der Waals surface area contributed by atoms with Crippen LogP contribution >= 0.6 is 0 Å². The lowest BCUT2D eigenvalue weighted by Gasteiger charge is -2.16. The standard InChI is InChI=1S/C25H25FN6O/c1-15(2)24-29-30-31-32(24)20-13-18(21-9-8-16(3)11-22(21)26)12-19(14-20)25(33)28-17(4)23-7-5-6-10-27-23/h5-15,17H,1-4H3,(H,28,33). The Balaban J connectivity index is 1.79. The van der Waals surface area contributed by atoms with Crippen molar-refractivity contribution >= 4 is 5.91 Å². The molecule has 7 nitrogen and oxygen atoms in total. The Labute approximate surface area is 191 Å². The summed E-state index contributed by atoms with van der Waals surface area (Å²) in [5.41, 5.74) is 3.47. The normalized spacial score (nSPS) is 12.1. The van der Waals surface area contributed by atoms with Gasteiger partial charge in [-0.1, -0.05) is 32.0 Å². The highest BCUT2D eigenvalue weighted by molar-refractivity contribution is 5.96. The molecule has 0 aliphatic carbocycles. The molecule has 0 bridgehead atoms. The molecule has 2 aromatic heterocycles. The molecular formula is C25H25FN6O. The third-order valence-electron chi connectivity index (χ3n) is 5.35. The lowest BCUT2D eigenvalue weighted by Crippen LogP contribution is -2.27. The summed E-state index contributed by atoms with van der Waals surface area (Å²) in [7, 11) is 0. The largest absolute Gasteiger partial charge is 0.344 e. The maximum absolute atomic E-state index is 14.8. The van der Waals surface area contributed by atoms with Crippen LogP contribution in [0.25, 0.3) is 16.8 Å². The summed E-state index contributed by atoms with van der Waals surface area (Å²) >= 11 is 0. The molecule has 0 aliphatic heterocycles. The summed E-state index contributed by atoms with van der Waals surface area (Å²) in [6.45, 7) is 7.65. The van der Waals surface area contributed by atoms with Crippen molar-refractivity contribution in [2.45, 2.75) is 39.7 Å². The molecule has 168 valence electrons. The fourth-order valence-corrected chi connectivity index (χ4v) is 3.60. The number of hydrogen-bond donors (Lipinski definition) is 1. The Kier molecular flexibility index (Phi) is 6.26. The van der Waals surface area contributed by atoms with Crippen LogP contribution in [0.1, 0.15) is 60.2 Å². The van der Waals surface area contributed by atoms with Crippen molar-refractivity contribution in [1.82, 2.24) is 30.5 Å². The van der Waals surface area contributed by atoms with Crippen LogP contribution in [0.5, 0.6) is 0 Å². The van der Waals surface area contributed by atoms with Crippen molar-refractivity contribution in [2.75, 3.05) is 0 Å². The van der Waals surface area contributed by atoms with Crippen LogP contribution in [-0.4, -0.2) is 31.1 Å². The van der Waals surface area contributed by atoms with Crippen LogP contribution < -0.4 is 5.32 Å². The van der Waals surface area contributed by atoms with Gasteiger partial charge in [0.2, 0.25) is 0 Å². The second-order valence-corrected chi connectivity index (χ2v) is 8.31. The molecule has 0 radical (unpaired) electrons. The first-order valence-electron chi connectivity index (χ1n) is 10.8. The summed E-state index contributed by atoms with van der Waals surface area (Å²) in [6, 6.07) is 15.4. The van der Waals surface area contributed by atoms with Gasteiger partial charge in [-0.15, -0.1) is 5.10 Å². The highest BCUT2D eigenvalue weighted by atomic mass is 19.1. The molecule has 0 fully saturated rings. The zero-order chi connectivity index (χ0) is 23.5. The molecule has 0 spiro atoms. The minimum atomic E-state index is -0.360. The number of rotatable bonds is 6. The fourth-order valence-electron chi connectivity index (χ4n) is 3.60. The van der Waals surface area contributed by atoms with E-state index >= 15 is 0 Å². The molecule has 8 heteroatoms. The molecule has 0 saturated carbocycles. The lowest BCUT2D eigenvalue weighted by atomic mass is 9.99. The number of nitrogens with zero attached hydrogens (tertiary/aromatic N) is 5. The van der Waals surface area contributed by atoms with Crippen LogP contribution in [0.4, 0.5) is 4.39 Å². The molecule has 2 heterocycles. The van der Waals surface area contributed by atoms with E-state index in [1.807, 2.05) is 52.0 Å². The first-order valence-corrected chi connectivity index (χ1v) is 10.8. The molecule has 0 saturated heterocycles. The van der Waals surface area contributed by atoms with E-state index in [1.165, 1.54) is 6.07 Å². The number of aromatic nitrogens is 5. The number of carbonyl (C=O) groups excluding carboxylic acids is 1. The Morgan fingerprint density at radius 1 is 1.06 bits per heavy atom. The van der Waals surface area contributed by atoms with Crippen LogP contribution in [0.15, 0.2) is 60.8 Å². The number of amides is 1. The van der Waals surface area contributed by atoms with E-state index < -0.39 is 0 Å². The average Bonchev–Trinajstić information content (AvgIpc) is 3.30. The number of halogens is 1. The molecule has 4 aromatic rings. The van der Waals surface area contributed by atoms with Crippen molar-refractivity contribution in [3.8, 4) is 16.8 Å². The van der Waals surface area contributed by atoms with Crippen molar-refractivity contribution in [3.63, 3.8) is 0 Å². The first kappa shape index (κ1) is 22.3. The van der Waals surface area contributed by atoms with Crippen LogP contribution in [-0.2, 0) is 0 Å². The number of nitrogens with one attached hydrogen (secondary N) is 1. The SMILES string of the molecule is Cc1ccc(-c2cc(C(=O)NC(C)c3ccccn3)cc(-n3nnnc3C(C)C)c2)c(F)c1. The van der Waals surface area contributed by atoms with Gasteiger partial charge in [-0.2, -0.15) is 4.68 Å². The highest BCUT2D eigenvalue weighted by Crippen LogP contribution is 2.28. The number of tetrazole rings is 1. The number of pyridine rings is 1. The van der Waals surface area contributed by atoms with E-state index in [4.69, 9.17) is 0 Å². The van der Waals surface area contributed by atoms with Gasteiger partial charge in [0, 0.05) is 23.2 Å². The van der Waals surface area contributed by atoms with E-state index in [0.29, 0.717) is 28.2 Å². The van der Waals surface area contributed by atoms with E-state index in [2.05, 4.69) is 25.8 Å². The maximum atomic E-state index is 14.8. The fraction of sp³-hybridized carbons (Fsp3) is 0.240. The Morgan fingerprint density at radius 3 is 2.58 bits per heavy atom. The molecule has 1 unspecified atom stereocenters. The minimum Gasteiger partial charge on any atom is -0.344 e. The molecule has 1 N–H and O–H groups in total. The lowest BCUT2D eigenvalue weighted by molar-refractivity contribution is 0.0939. The quantitative estimate of drug-likeness (QED) is 0.462. The summed E-state index contributed by atoms with van der Waals surface area (Å²) in [5.74, 6) is 0.0371. The van der Waals surface area contributed by atoms with Gasteiger partial charge in [0.05, 0.1) is 17.4 Å². The number of carbonyl (C=O) groups is 1. The maximum Gasteiger partial charge on any atom is 0.251 e. The van der Waals surface area contributed by atoms with Gasteiger partial charge in [0.15, 0.2) is 5.82 Å². The van der Waals surface area contributed by atoms with Gasteiger partial charge < -0.3 is 5.32 Å². The number of hydrogen-bond acceptors (Lipinski definition) is 5. The van der Waals surface area contributed by atoms with Gasteiger partial charge in [-0.25, -0.2) is 4.39 Å². The zero-order valence-electron chi connectivity index (χ0n) is 19.0. The van der Waals surface area contributed by atoms with E-state index in [1.54, 1.807) is 35.1 Å². The minimum absolute atomic E-state index is 0.0567. The van der Waals surface area contributed by atoms with Crippen molar-refractivity contribution < 1.29 is 9.18 Å². The monoisotopic (exact) mass is 444 g/mol. The molecule has 4 rings (SSSR count). The van der Waals surface area contributed by atoms with Gasteiger partial charge in [-0.05, 0) is 71.8 Å². The molecule has 33 heavy (non-hydrogen) atoms. The molecule has 1 atom stereocenters. The predicted molar refractivity (Wildman–Crippen MR) is 123 cm³/mol. The molecule has 0 aliphatic rings. The highest BCUT2D eigenvalue weighted by Gasteiger charge is 2.19. The van der Waals surface area contributed by atoms with Crippen LogP contribution in [0.2, 0.25) is 0 Å². The zero-order valence-corrected chi connectivity index (χ0v) is 19.0. The van der Waals surface area contributed by atoms with Crippen molar-refractivity contribution in [1.29, 1.82) is 0 Å². The van der Waals surface area contributed by atoms with Crippen LogP contribution in [0.3, 0.4) is 0 Å². The Bertz CT molecular complexity index is 1290. The summed E-state index contributed by atoms with van der Waals surface area (Å²) in [4.78, 5) is 17.5. The van der Waals surface area contributed by atoms with Crippen molar-refractivity contribution in [2.24, 2.45) is 0 Å². The van der Waals surface area contributed by atoms with Gasteiger partial charge in [-0.3, -0.25) is 9.78 Å². The second kappa shape index (κ2) is 9.28. The molecule has 2 aromatic carbocycles. The first-order chi connectivity index (χ1) is 15.8. The predicted octanol–water partition coefficient (Wildman–Crippen LogP) is 4.79. The Hall–Kier alpha value is -3.94. The van der Waals surface area contributed by atoms with Gasteiger partial charge in [0.1, 0.15) is 5.82 Å². The topological polar surface area (TPSA) is 85.6 Å². The van der Waals surface area contributed by atoms with Crippen LogP contribution in [0, 0.1) is 12.7 Å². The third kappa shape index (κ3) is 4.79. The molecular weight excluding hydrogens is 419 g/mol. The van der Waals surface area contributed by atoms with Gasteiger partial charge in [0.25, 0.3) is 5.91 Å². The van der Waals surface area contributed by atoms with E-state index in [9.17, 15) is 9.18 Å². The Morgan fingerprint density at radius 2 is 1.88 bits per heavy atom. The average molecular weight is 445 g/mol. The number of benzene rings is 2. The smallest absolute Gasteiger partial charge is 0.251 e. The number of aryl methyl sites for hydroxylation is 1. The van der Waals surface area contributed by atoms with E-state index in [-0.39, 0.29) is 23.7 Å². The van der Waals surface area contributed by atoms with Crippen molar-refractivity contribution in [3.05, 3.63) is 89.3 Å². The van der Waals surface area contributed by atoms with Gasteiger partial charge >= 0.3 is 0 Å².